The fourth-order valence-corrected chi connectivity index (χ4v) is 4.67. The molecule has 0 aliphatic heterocycles. The molecule has 2 aromatic carbocycles. The van der Waals surface area contributed by atoms with Crippen molar-refractivity contribution < 1.29 is 13.9 Å². The van der Waals surface area contributed by atoms with Crippen LogP contribution in [0.5, 0.6) is 5.75 Å². The number of methoxy groups -OCH3 is 1. The number of ether oxygens (including phenoxy) is 1. The molecule has 2 aromatic heterocycles. The van der Waals surface area contributed by atoms with Gasteiger partial charge >= 0.3 is 0 Å². The van der Waals surface area contributed by atoms with Crippen LogP contribution in [-0.4, -0.2) is 48.1 Å². The molecule has 0 radical (unpaired) electrons. The average molecular weight is 481 g/mol. The molecule has 4 aromatic rings. The Balaban J connectivity index is 1.51. The Morgan fingerprint density at radius 1 is 1.18 bits per heavy atom. The maximum atomic E-state index is 13.3. The average Bonchev–Trinajstić information content (AvgIpc) is 3.26. The van der Waals surface area contributed by atoms with Crippen molar-refractivity contribution in [1.82, 2.24) is 19.8 Å². The zero-order valence-electron chi connectivity index (χ0n) is 19.1. The van der Waals surface area contributed by atoms with Crippen LogP contribution >= 0.6 is 11.3 Å². The first-order valence-electron chi connectivity index (χ1n) is 10.7. The van der Waals surface area contributed by atoms with E-state index in [-0.39, 0.29) is 29.9 Å². The second kappa shape index (κ2) is 10.1. The van der Waals surface area contributed by atoms with Gasteiger partial charge < -0.3 is 15.0 Å². The number of nitrogens with zero attached hydrogens (tertiary/aromatic N) is 3. The largest absolute Gasteiger partial charge is 0.497 e. The van der Waals surface area contributed by atoms with Gasteiger partial charge in [-0.15, -0.1) is 11.3 Å². The van der Waals surface area contributed by atoms with Gasteiger partial charge in [0, 0.05) is 17.5 Å². The smallest absolute Gasteiger partial charge is 0.263 e. The lowest BCUT2D eigenvalue weighted by atomic mass is 10.1. The molecule has 2 heterocycles. The molecule has 0 saturated heterocycles. The molecular weight excluding hydrogens is 455 g/mol. The van der Waals surface area contributed by atoms with Gasteiger partial charge in [0.25, 0.3) is 5.56 Å². The number of rotatable bonds is 8. The standard InChI is InChI=1S/C25H25FN4O3S/c1-29(2)21(17-6-10-19(33-3)11-7-17)12-27-22(31)13-30-15-28-24-23(25(30)32)20(14-34-24)16-4-8-18(26)9-5-16/h4-11,14-15,21H,12-13H2,1-3H3,(H,27,31)/t21-/m1/s1. The highest BCUT2D eigenvalue weighted by Crippen LogP contribution is 2.30. The van der Waals surface area contributed by atoms with Gasteiger partial charge in [0.15, 0.2) is 0 Å². The maximum absolute atomic E-state index is 13.3. The van der Waals surface area contributed by atoms with Crippen molar-refractivity contribution in [2.45, 2.75) is 12.6 Å². The lowest BCUT2D eigenvalue weighted by molar-refractivity contribution is -0.121. The molecule has 0 bridgehead atoms. The lowest BCUT2D eigenvalue weighted by Crippen LogP contribution is -2.37. The predicted molar refractivity (Wildman–Crippen MR) is 132 cm³/mol. The first-order chi connectivity index (χ1) is 16.4. The summed E-state index contributed by atoms with van der Waals surface area (Å²) in [5.41, 5.74) is 2.13. The van der Waals surface area contributed by atoms with Gasteiger partial charge in [-0.25, -0.2) is 9.37 Å². The topological polar surface area (TPSA) is 76.5 Å². The Morgan fingerprint density at radius 2 is 1.88 bits per heavy atom. The molecule has 0 fully saturated rings. The number of hydrogen-bond acceptors (Lipinski definition) is 6. The minimum Gasteiger partial charge on any atom is -0.497 e. The summed E-state index contributed by atoms with van der Waals surface area (Å²) in [6.07, 6.45) is 1.39. The molecular formula is C25H25FN4O3S. The van der Waals surface area contributed by atoms with E-state index in [9.17, 15) is 14.0 Å². The fourth-order valence-electron chi connectivity index (χ4n) is 3.77. The number of carbonyl (C=O) groups is 1. The summed E-state index contributed by atoms with van der Waals surface area (Å²) in [5.74, 6) is 0.129. The first-order valence-corrected chi connectivity index (χ1v) is 11.5. The van der Waals surface area contributed by atoms with Gasteiger partial charge in [-0.3, -0.25) is 14.2 Å². The molecule has 0 saturated carbocycles. The molecule has 0 unspecified atom stereocenters. The van der Waals surface area contributed by atoms with Crippen molar-refractivity contribution in [3.63, 3.8) is 0 Å². The van der Waals surface area contributed by atoms with Crippen LogP contribution in [0, 0.1) is 5.82 Å². The summed E-state index contributed by atoms with van der Waals surface area (Å²) in [7, 11) is 5.50. The Labute approximate surface area is 200 Å². The van der Waals surface area contributed by atoms with Crippen LogP contribution < -0.4 is 15.6 Å². The quantitative estimate of drug-likeness (QED) is 0.416. The molecule has 176 valence electrons. The maximum Gasteiger partial charge on any atom is 0.263 e. The SMILES string of the molecule is COc1ccc([C@@H](CNC(=O)Cn2cnc3scc(-c4ccc(F)cc4)c3c2=O)N(C)C)cc1. The number of thiophene rings is 1. The van der Waals surface area contributed by atoms with Crippen LogP contribution in [0.1, 0.15) is 11.6 Å². The summed E-state index contributed by atoms with van der Waals surface area (Å²) in [5, 5.41) is 5.18. The van der Waals surface area contributed by atoms with Gasteiger partial charge in [0.2, 0.25) is 5.91 Å². The Morgan fingerprint density at radius 3 is 2.53 bits per heavy atom. The highest BCUT2D eigenvalue weighted by atomic mass is 32.1. The number of aromatic nitrogens is 2. The third-order valence-electron chi connectivity index (χ3n) is 5.65. The number of benzene rings is 2. The van der Waals surface area contributed by atoms with Crippen molar-refractivity contribution >= 4 is 27.5 Å². The van der Waals surface area contributed by atoms with E-state index in [0.717, 1.165) is 16.9 Å². The lowest BCUT2D eigenvalue weighted by Gasteiger charge is -2.25. The van der Waals surface area contributed by atoms with E-state index in [2.05, 4.69) is 10.3 Å². The van der Waals surface area contributed by atoms with Gasteiger partial charge in [0.1, 0.15) is 22.9 Å². The molecule has 0 aliphatic carbocycles. The molecule has 0 spiro atoms. The fraction of sp³-hybridized carbons (Fsp3) is 0.240. The summed E-state index contributed by atoms with van der Waals surface area (Å²) in [6.45, 7) is 0.227. The van der Waals surface area contributed by atoms with Crippen LogP contribution in [-0.2, 0) is 11.3 Å². The molecule has 1 amide bonds. The summed E-state index contributed by atoms with van der Waals surface area (Å²) in [6, 6.07) is 13.6. The normalized spacial score (nSPS) is 12.1. The van der Waals surface area contributed by atoms with E-state index in [1.54, 1.807) is 19.2 Å². The summed E-state index contributed by atoms with van der Waals surface area (Å²) < 4.78 is 19.8. The number of halogens is 1. The van der Waals surface area contributed by atoms with Crippen molar-refractivity contribution in [3.8, 4) is 16.9 Å². The molecule has 1 atom stereocenters. The number of likely N-dealkylation sites (N-methyl/N-ethyl adjacent to an activating group) is 1. The molecule has 7 nitrogen and oxygen atoms in total. The highest BCUT2D eigenvalue weighted by molar-refractivity contribution is 7.17. The van der Waals surface area contributed by atoms with Crippen LogP contribution in [0.15, 0.2) is 65.0 Å². The van der Waals surface area contributed by atoms with E-state index in [1.165, 1.54) is 34.4 Å². The van der Waals surface area contributed by atoms with Crippen molar-refractivity contribution in [1.29, 1.82) is 0 Å². The second-order valence-corrected chi connectivity index (χ2v) is 8.93. The minimum atomic E-state index is -0.346. The first kappa shape index (κ1) is 23.6. The van der Waals surface area contributed by atoms with Crippen LogP contribution in [0.3, 0.4) is 0 Å². The number of carbonyl (C=O) groups excluding carboxylic acids is 1. The predicted octanol–water partition coefficient (Wildman–Crippen LogP) is 3.69. The second-order valence-electron chi connectivity index (χ2n) is 8.07. The van der Waals surface area contributed by atoms with Crippen molar-refractivity contribution in [2.24, 2.45) is 0 Å². The monoisotopic (exact) mass is 480 g/mol. The van der Waals surface area contributed by atoms with Gasteiger partial charge in [-0.05, 0) is 49.5 Å². The van der Waals surface area contributed by atoms with Crippen LogP contribution in [0.2, 0.25) is 0 Å². The third kappa shape index (κ3) is 5.00. The van der Waals surface area contributed by atoms with E-state index in [4.69, 9.17) is 4.74 Å². The van der Waals surface area contributed by atoms with Gasteiger partial charge in [-0.2, -0.15) is 0 Å². The van der Waals surface area contributed by atoms with E-state index >= 15 is 0 Å². The number of hydrogen-bond donors (Lipinski definition) is 1. The van der Waals surface area contributed by atoms with Crippen molar-refractivity contribution in [3.05, 3.63) is 82.0 Å². The minimum absolute atomic E-state index is 0.0471. The van der Waals surface area contributed by atoms with E-state index in [0.29, 0.717) is 22.3 Å². The van der Waals surface area contributed by atoms with E-state index in [1.807, 2.05) is 48.6 Å². The molecule has 4 rings (SSSR count). The van der Waals surface area contributed by atoms with Crippen LogP contribution in [0.4, 0.5) is 4.39 Å². The van der Waals surface area contributed by atoms with Crippen molar-refractivity contribution in [2.75, 3.05) is 27.7 Å². The van der Waals surface area contributed by atoms with E-state index < -0.39 is 0 Å². The van der Waals surface area contributed by atoms with Gasteiger partial charge in [0.05, 0.1) is 24.9 Å². The molecule has 34 heavy (non-hydrogen) atoms. The Bertz CT molecular complexity index is 1350. The number of amides is 1. The number of fused-ring (bicyclic) bond motifs is 1. The third-order valence-corrected chi connectivity index (χ3v) is 6.53. The molecule has 1 N–H and O–H groups in total. The molecule has 9 heteroatoms. The Kier molecular flexibility index (Phi) is 7.04. The zero-order valence-corrected chi connectivity index (χ0v) is 19.9. The highest BCUT2D eigenvalue weighted by Gasteiger charge is 2.18. The summed E-state index contributed by atoms with van der Waals surface area (Å²) >= 11 is 1.34. The van der Waals surface area contributed by atoms with Gasteiger partial charge in [-0.1, -0.05) is 24.3 Å². The number of nitrogens with one attached hydrogen (secondary N) is 1. The zero-order chi connectivity index (χ0) is 24.2. The Hall–Kier alpha value is -3.56. The molecule has 0 aliphatic rings. The summed E-state index contributed by atoms with van der Waals surface area (Å²) in [4.78, 5) is 32.8. The van der Waals surface area contributed by atoms with Crippen LogP contribution in [0.25, 0.3) is 21.3 Å².